The lowest BCUT2D eigenvalue weighted by Crippen LogP contribution is -2.44. The minimum absolute atomic E-state index is 0.0432. The third-order valence-electron chi connectivity index (χ3n) is 5.32. The molecule has 2 aliphatic rings. The highest BCUT2D eigenvalue weighted by atomic mass is 35.5. The molecule has 0 N–H and O–H groups in total. The van der Waals surface area contributed by atoms with Gasteiger partial charge in [0.25, 0.3) is 5.91 Å². The first-order valence-corrected chi connectivity index (χ1v) is 10.1. The van der Waals surface area contributed by atoms with E-state index in [2.05, 4.69) is 28.7 Å². The van der Waals surface area contributed by atoms with Crippen molar-refractivity contribution in [2.75, 3.05) is 59.5 Å². The van der Waals surface area contributed by atoms with Crippen molar-refractivity contribution in [2.45, 2.75) is 18.9 Å². The highest BCUT2D eigenvalue weighted by Crippen LogP contribution is 2.23. The smallest absolute Gasteiger partial charge is 0.258 e. The summed E-state index contributed by atoms with van der Waals surface area (Å²) in [7, 11) is 2.14. The predicted molar refractivity (Wildman–Crippen MR) is 108 cm³/mol. The Bertz CT molecular complexity index is 713. The van der Waals surface area contributed by atoms with Gasteiger partial charge in [0.15, 0.2) is 0 Å². The topological polar surface area (TPSA) is 36.0 Å². The minimum Gasteiger partial charge on any atom is -0.365 e. The first-order chi connectivity index (χ1) is 13.5. The van der Waals surface area contributed by atoms with E-state index in [9.17, 15) is 9.18 Å². The molecule has 2 saturated heterocycles. The lowest BCUT2D eigenvalue weighted by molar-refractivity contribution is 0.0228. The summed E-state index contributed by atoms with van der Waals surface area (Å²) in [5.74, 6) is 5.34. The maximum atomic E-state index is 13.9. The molecular formula is C21H27ClFN3O2. The fraction of sp³-hybridized carbons (Fsp3) is 0.571. The maximum absolute atomic E-state index is 13.9. The van der Waals surface area contributed by atoms with Crippen molar-refractivity contribution >= 4 is 17.5 Å². The van der Waals surface area contributed by atoms with Crippen LogP contribution in [-0.4, -0.2) is 86.2 Å². The molecule has 152 valence electrons. The van der Waals surface area contributed by atoms with Crippen molar-refractivity contribution in [3.05, 3.63) is 34.6 Å². The van der Waals surface area contributed by atoms with Crippen molar-refractivity contribution in [2.24, 2.45) is 0 Å². The second kappa shape index (κ2) is 10.2. The molecule has 2 fully saturated rings. The molecule has 3 rings (SSSR count). The lowest BCUT2D eigenvalue weighted by Gasteiger charge is -2.32. The molecule has 5 nitrogen and oxygen atoms in total. The third kappa shape index (κ3) is 5.68. The number of halogens is 2. The lowest BCUT2D eigenvalue weighted by atomic mass is 10.1. The number of amides is 1. The van der Waals surface area contributed by atoms with Crippen LogP contribution in [0.25, 0.3) is 0 Å². The molecular weight excluding hydrogens is 381 g/mol. The summed E-state index contributed by atoms with van der Waals surface area (Å²) < 4.78 is 19.8. The first kappa shape index (κ1) is 21.1. The van der Waals surface area contributed by atoms with E-state index in [0.29, 0.717) is 19.7 Å². The molecule has 28 heavy (non-hydrogen) atoms. The van der Waals surface area contributed by atoms with Gasteiger partial charge in [-0.15, -0.1) is 0 Å². The summed E-state index contributed by atoms with van der Waals surface area (Å²) in [4.78, 5) is 18.9. The number of piperazine rings is 1. The summed E-state index contributed by atoms with van der Waals surface area (Å²) in [5, 5.41) is 0.152. The molecule has 0 radical (unpaired) electrons. The Balaban J connectivity index is 1.38. The Morgan fingerprint density at radius 2 is 1.89 bits per heavy atom. The predicted octanol–water partition coefficient (Wildman–Crippen LogP) is 2.35. The van der Waals surface area contributed by atoms with Gasteiger partial charge in [-0.2, -0.15) is 0 Å². The standard InChI is InChI=1S/C21H27ClFN3O2/c1-24-12-14-25(15-13-24)9-2-3-16-28-17-7-10-26(11-8-17)21(27)20-18(22)5-4-6-19(20)23/h4-6,17H,7-16H2,1H3. The number of carbonyl (C=O) groups excluding carboxylic acids is 1. The van der Waals surface area contributed by atoms with Gasteiger partial charge < -0.3 is 14.5 Å². The van der Waals surface area contributed by atoms with Crippen LogP contribution in [0.2, 0.25) is 5.02 Å². The first-order valence-electron chi connectivity index (χ1n) is 9.76. The second-order valence-corrected chi connectivity index (χ2v) is 7.74. The fourth-order valence-corrected chi connectivity index (χ4v) is 3.71. The fourth-order valence-electron chi connectivity index (χ4n) is 3.47. The highest BCUT2D eigenvalue weighted by Gasteiger charge is 2.27. The Morgan fingerprint density at radius 3 is 2.57 bits per heavy atom. The van der Waals surface area contributed by atoms with Gasteiger partial charge in [0.1, 0.15) is 12.4 Å². The van der Waals surface area contributed by atoms with Gasteiger partial charge in [-0.1, -0.05) is 29.5 Å². The van der Waals surface area contributed by atoms with E-state index in [1.54, 1.807) is 4.90 Å². The molecule has 0 bridgehead atoms. The van der Waals surface area contributed by atoms with E-state index in [4.69, 9.17) is 16.3 Å². The molecule has 0 saturated carbocycles. The minimum atomic E-state index is -0.577. The van der Waals surface area contributed by atoms with Gasteiger partial charge in [0, 0.05) is 39.3 Å². The average Bonchev–Trinajstić information content (AvgIpc) is 2.69. The maximum Gasteiger partial charge on any atom is 0.258 e. The number of hydrogen-bond acceptors (Lipinski definition) is 4. The summed E-state index contributed by atoms with van der Waals surface area (Å²) in [5.41, 5.74) is -0.0432. The third-order valence-corrected chi connectivity index (χ3v) is 5.64. The van der Waals surface area contributed by atoms with E-state index in [-0.39, 0.29) is 22.6 Å². The number of carbonyl (C=O) groups is 1. The van der Waals surface area contributed by atoms with Gasteiger partial charge in [0.2, 0.25) is 0 Å². The summed E-state index contributed by atoms with van der Waals surface area (Å²) in [6.45, 7) is 6.56. The number of nitrogens with zero attached hydrogens (tertiary/aromatic N) is 3. The Hall–Kier alpha value is -1.65. The van der Waals surface area contributed by atoms with Crippen LogP contribution in [0.1, 0.15) is 23.2 Å². The van der Waals surface area contributed by atoms with E-state index in [0.717, 1.165) is 45.6 Å². The summed E-state index contributed by atoms with van der Waals surface area (Å²) >= 11 is 6.00. The zero-order valence-electron chi connectivity index (χ0n) is 16.3. The van der Waals surface area contributed by atoms with Crippen LogP contribution in [0.5, 0.6) is 0 Å². The quantitative estimate of drug-likeness (QED) is 0.718. The Kier molecular flexibility index (Phi) is 7.69. The van der Waals surface area contributed by atoms with Gasteiger partial charge in [-0.3, -0.25) is 9.69 Å². The average molecular weight is 408 g/mol. The van der Waals surface area contributed by atoms with Crippen LogP contribution in [0.3, 0.4) is 0 Å². The molecule has 0 aliphatic carbocycles. The molecule has 7 heteroatoms. The van der Waals surface area contributed by atoms with Gasteiger partial charge >= 0.3 is 0 Å². The molecule has 1 aromatic carbocycles. The molecule has 0 atom stereocenters. The number of benzene rings is 1. The molecule has 1 amide bonds. The number of rotatable bonds is 4. The number of ether oxygens (including phenoxy) is 1. The molecule has 0 aromatic heterocycles. The molecule has 0 spiro atoms. The van der Waals surface area contributed by atoms with Crippen molar-refractivity contribution in [3.63, 3.8) is 0 Å². The van der Waals surface area contributed by atoms with Gasteiger partial charge in [-0.25, -0.2) is 4.39 Å². The Labute approximate surface area is 171 Å². The Morgan fingerprint density at radius 1 is 1.18 bits per heavy atom. The second-order valence-electron chi connectivity index (χ2n) is 7.33. The SMILES string of the molecule is CN1CCN(CC#CCOC2CCN(C(=O)c3c(F)cccc3Cl)CC2)CC1. The summed E-state index contributed by atoms with van der Waals surface area (Å²) in [6.07, 6.45) is 1.52. The molecule has 0 unspecified atom stereocenters. The number of likely N-dealkylation sites (N-methyl/N-ethyl adjacent to an activating group) is 1. The van der Waals surface area contributed by atoms with Gasteiger partial charge in [-0.05, 0) is 32.0 Å². The van der Waals surface area contributed by atoms with Crippen LogP contribution in [0.15, 0.2) is 18.2 Å². The molecule has 1 aromatic rings. The van der Waals surface area contributed by atoms with E-state index in [1.807, 2.05) is 0 Å². The molecule has 2 heterocycles. The summed E-state index contributed by atoms with van der Waals surface area (Å²) in [6, 6.07) is 4.30. The number of hydrogen-bond donors (Lipinski definition) is 0. The van der Waals surface area contributed by atoms with Crippen LogP contribution in [0.4, 0.5) is 4.39 Å². The normalized spacial score (nSPS) is 19.3. The van der Waals surface area contributed by atoms with Gasteiger partial charge in [0.05, 0.1) is 23.2 Å². The van der Waals surface area contributed by atoms with Crippen molar-refractivity contribution in [3.8, 4) is 11.8 Å². The van der Waals surface area contributed by atoms with E-state index in [1.165, 1.54) is 18.2 Å². The number of likely N-dealkylation sites (tertiary alicyclic amines) is 1. The van der Waals surface area contributed by atoms with Crippen molar-refractivity contribution in [1.29, 1.82) is 0 Å². The van der Waals surface area contributed by atoms with Crippen LogP contribution in [0, 0.1) is 17.7 Å². The van der Waals surface area contributed by atoms with Crippen molar-refractivity contribution < 1.29 is 13.9 Å². The van der Waals surface area contributed by atoms with E-state index < -0.39 is 5.82 Å². The zero-order chi connectivity index (χ0) is 19.9. The van der Waals surface area contributed by atoms with Crippen molar-refractivity contribution in [1.82, 2.24) is 14.7 Å². The van der Waals surface area contributed by atoms with Crippen LogP contribution < -0.4 is 0 Å². The monoisotopic (exact) mass is 407 g/mol. The van der Waals surface area contributed by atoms with E-state index >= 15 is 0 Å². The largest absolute Gasteiger partial charge is 0.365 e. The zero-order valence-corrected chi connectivity index (χ0v) is 17.1. The van der Waals surface area contributed by atoms with Crippen LogP contribution in [-0.2, 0) is 4.74 Å². The number of piperidine rings is 1. The molecule has 2 aliphatic heterocycles. The van der Waals surface area contributed by atoms with Crippen LogP contribution >= 0.6 is 11.6 Å². The highest BCUT2D eigenvalue weighted by molar-refractivity contribution is 6.33.